The van der Waals surface area contributed by atoms with Crippen molar-refractivity contribution in [3.05, 3.63) is 0 Å². The maximum Gasteiger partial charge on any atom is 0.0744 e. The summed E-state index contributed by atoms with van der Waals surface area (Å²) < 4.78 is 0. The Balaban J connectivity index is 2.10. The molecule has 3 aliphatic rings. The molecule has 4 N–H and O–H groups in total. The van der Waals surface area contributed by atoms with Gasteiger partial charge in [0.15, 0.2) is 0 Å². The summed E-state index contributed by atoms with van der Waals surface area (Å²) >= 11 is 0. The Kier molecular flexibility index (Phi) is 4.81. The van der Waals surface area contributed by atoms with Crippen molar-refractivity contribution in [3.63, 3.8) is 0 Å². The fourth-order valence-corrected chi connectivity index (χ4v) is 3.48. The zero-order chi connectivity index (χ0) is 14.0. The van der Waals surface area contributed by atoms with Crippen LogP contribution in [0.25, 0.3) is 0 Å². The Labute approximate surface area is 116 Å². The van der Waals surface area contributed by atoms with Crippen molar-refractivity contribution in [3.8, 4) is 0 Å². The summed E-state index contributed by atoms with van der Waals surface area (Å²) in [4.78, 5) is 7.79. The highest BCUT2D eigenvalue weighted by molar-refractivity contribution is 5.07. The van der Waals surface area contributed by atoms with Gasteiger partial charge in [-0.2, -0.15) is 5.06 Å². The van der Waals surface area contributed by atoms with Crippen LogP contribution in [-0.2, 0) is 4.84 Å². The molecule has 2 saturated heterocycles. The summed E-state index contributed by atoms with van der Waals surface area (Å²) in [5, 5.41) is 3.94. The quantitative estimate of drug-likeness (QED) is 0.679. The fraction of sp³-hybridized carbons (Fsp3) is 1.00. The van der Waals surface area contributed by atoms with Gasteiger partial charge < -0.3 is 10.6 Å². The van der Waals surface area contributed by atoms with Crippen LogP contribution in [0, 0.1) is 5.92 Å². The molecule has 112 valence electrons. The van der Waals surface area contributed by atoms with Crippen LogP contribution < -0.4 is 11.6 Å². The van der Waals surface area contributed by atoms with E-state index in [1.54, 1.807) is 7.11 Å². The first-order chi connectivity index (χ1) is 9.02. The van der Waals surface area contributed by atoms with Gasteiger partial charge in [0.1, 0.15) is 0 Å². The van der Waals surface area contributed by atoms with E-state index in [1.807, 2.05) is 10.1 Å². The Morgan fingerprint density at radius 3 is 2.58 bits per heavy atom. The Bertz CT molecular complexity index is 303. The van der Waals surface area contributed by atoms with E-state index in [4.69, 9.17) is 16.4 Å². The van der Waals surface area contributed by atoms with Crippen molar-refractivity contribution in [2.45, 2.75) is 38.4 Å². The Hall–Kier alpha value is -0.240. The monoisotopic (exact) mass is 271 g/mol. The Morgan fingerprint density at radius 1 is 1.26 bits per heavy atom. The molecule has 2 heterocycles. The van der Waals surface area contributed by atoms with Crippen LogP contribution in [0.1, 0.15) is 26.7 Å². The maximum atomic E-state index is 6.61. The molecule has 6 heteroatoms. The second kappa shape index (κ2) is 6.03. The molecule has 0 spiro atoms. The molecule has 0 aromatic heterocycles. The molecule has 3 atom stereocenters. The third-order valence-electron chi connectivity index (χ3n) is 5.00. The highest BCUT2D eigenvalue weighted by atomic mass is 16.7. The largest absolute Gasteiger partial charge is 0.313 e. The molecule has 3 rings (SSSR count). The number of fused-ring (bicyclic) bond motifs is 7. The Morgan fingerprint density at radius 2 is 2.00 bits per heavy atom. The SMILES string of the molecule is CCN1CCCN(OC)CCN(N)C2CC1(N)C2C. The molecule has 3 fully saturated rings. The smallest absolute Gasteiger partial charge is 0.0744 e. The average molecular weight is 271 g/mol. The summed E-state index contributed by atoms with van der Waals surface area (Å²) in [6.07, 6.45) is 2.04. The van der Waals surface area contributed by atoms with E-state index in [0.29, 0.717) is 12.0 Å². The number of rotatable bonds is 2. The second-order valence-corrected chi connectivity index (χ2v) is 5.83. The third-order valence-corrected chi connectivity index (χ3v) is 5.00. The summed E-state index contributed by atoms with van der Waals surface area (Å²) in [5.74, 6) is 6.60. The molecule has 0 aromatic carbocycles. The lowest BCUT2D eigenvalue weighted by atomic mass is 9.68. The molecular formula is C13H29N5O. The second-order valence-electron chi connectivity index (χ2n) is 5.83. The van der Waals surface area contributed by atoms with Crippen LogP contribution in [0.3, 0.4) is 0 Å². The van der Waals surface area contributed by atoms with Gasteiger partial charge in [-0.1, -0.05) is 13.8 Å². The van der Waals surface area contributed by atoms with Crippen molar-refractivity contribution in [2.75, 3.05) is 39.8 Å². The van der Waals surface area contributed by atoms with E-state index in [2.05, 4.69) is 18.7 Å². The van der Waals surface area contributed by atoms with Crippen LogP contribution in [0.2, 0.25) is 0 Å². The molecule has 3 unspecified atom stereocenters. The predicted octanol–water partition coefficient (Wildman–Crippen LogP) is -0.185. The first-order valence-corrected chi connectivity index (χ1v) is 7.37. The molecule has 2 bridgehead atoms. The van der Waals surface area contributed by atoms with Crippen molar-refractivity contribution in [2.24, 2.45) is 17.5 Å². The molecule has 0 aromatic rings. The van der Waals surface area contributed by atoms with E-state index in [0.717, 1.165) is 45.6 Å². The lowest BCUT2D eigenvalue weighted by Crippen LogP contribution is -2.75. The topological polar surface area (TPSA) is 71.0 Å². The normalized spacial score (nSPS) is 39.6. The van der Waals surface area contributed by atoms with E-state index in [1.165, 1.54) is 0 Å². The van der Waals surface area contributed by atoms with Crippen molar-refractivity contribution in [1.29, 1.82) is 0 Å². The van der Waals surface area contributed by atoms with Crippen LogP contribution in [0.5, 0.6) is 0 Å². The average Bonchev–Trinajstić information content (AvgIpc) is 2.45. The van der Waals surface area contributed by atoms with Gasteiger partial charge >= 0.3 is 0 Å². The fourth-order valence-electron chi connectivity index (χ4n) is 3.48. The standard InChI is InChI=1S/C13H29N5O/c1-4-16-6-5-7-17(19-3)8-9-18(15)12-10-13(16,14)11(12)2/h11-12H,4-10,14-15H2,1-3H3. The lowest BCUT2D eigenvalue weighted by molar-refractivity contribution is -0.137. The lowest BCUT2D eigenvalue weighted by Gasteiger charge is -2.58. The van der Waals surface area contributed by atoms with Gasteiger partial charge in [-0.3, -0.25) is 10.7 Å². The summed E-state index contributed by atoms with van der Waals surface area (Å²) in [7, 11) is 1.73. The van der Waals surface area contributed by atoms with Crippen molar-refractivity contribution < 1.29 is 4.84 Å². The number of hydrogen-bond donors (Lipinski definition) is 2. The zero-order valence-corrected chi connectivity index (χ0v) is 12.5. The number of hydrazine groups is 1. The van der Waals surface area contributed by atoms with Crippen LogP contribution in [0.15, 0.2) is 0 Å². The predicted molar refractivity (Wildman–Crippen MR) is 75.8 cm³/mol. The van der Waals surface area contributed by atoms with Gasteiger partial charge in [-0.05, 0) is 19.4 Å². The van der Waals surface area contributed by atoms with Crippen molar-refractivity contribution >= 4 is 0 Å². The maximum absolute atomic E-state index is 6.61. The summed E-state index contributed by atoms with van der Waals surface area (Å²) in [6, 6.07) is 0.385. The van der Waals surface area contributed by atoms with Crippen LogP contribution in [0.4, 0.5) is 0 Å². The number of hydroxylamine groups is 2. The minimum atomic E-state index is -0.181. The van der Waals surface area contributed by atoms with E-state index < -0.39 is 0 Å². The number of nitrogens with zero attached hydrogens (tertiary/aromatic N) is 3. The van der Waals surface area contributed by atoms with Crippen LogP contribution in [-0.4, -0.2) is 66.5 Å². The van der Waals surface area contributed by atoms with Crippen molar-refractivity contribution in [1.82, 2.24) is 15.0 Å². The van der Waals surface area contributed by atoms with Gasteiger partial charge in [0.25, 0.3) is 0 Å². The first kappa shape index (κ1) is 15.2. The van der Waals surface area contributed by atoms with E-state index in [9.17, 15) is 0 Å². The highest BCUT2D eigenvalue weighted by Crippen LogP contribution is 2.41. The molecular weight excluding hydrogens is 242 g/mol. The molecule has 0 radical (unpaired) electrons. The van der Waals surface area contributed by atoms with Gasteiger partial charge in [0.2, 0.25) is 0 Å². The summed E-state index contributed by atoms with van der Waals surface area (Å²) in [5.41, 5.74) is 6.43. The van der Waals surface area contributed by atoms with Gasteiger partial charge in [-0.25, -0.2) is 5.01 Å². The minimum Gasteiger partial charge on any atom is -0.313 e. The minimum absolute atomic E-state index is 0.181. The molecule has 1 saturated carbocycles. The molecule has 6 nitrogen and oxygen atoms in total. The van der Waals surface area contributed by atoms with E-state index in [-0.39, 0.29) is 5.66 Å². The summed E-state index contributed by atoms with van der Waals surface area (Å²) in [6.45, 7) is 9.02. The molecule has 2 aliphatic heterocycles. The molecule has 1 aliphatic carbocycles. The number of hydrogen-bond acceptors (Lipinski definition) is 6. The zero-order valence-electron chi connectivity index (χ0n) is 12.5. The number of nitrogens with two attached hydrogens (primary N) is 2. The molecule has 19 heavy (non-hydrogen) atoms. The third kappa shape index (κ3) is 2.79. The van der Waals surface area contributed by atoms with Crippen LogP contribution >= 0.6 is 0 Å². The molecule has 0 amide bonds. The van der Waals surface area contributed by atoms with Gasteiger partial charge in [0.05, 0.1) is 12.8 Å². The van der Waals surface area contributed by atoms with Gasteiger partial charge in [-0.15, -0.1) is 0 Å². The highest BCUT2D eigenvalue weighted by Gasteiger charge is 2.53. The van der Waals surface area contributed by atoms with E-state index >= 15 is 0 Å². The van der Waals surface area contributed by atoms with Gasteiger partial charge in [0, 0.05) is 38.1 Å². The first-order valence-electron chi connectivity index (χ1n) is 7.37.